The SMILES string of the molecule is O=C(O)/C=C/c1cccc(COC(=O)CCc2ccccc2)c1. The van der Waals surface area contributed by atoms with Crippen LogP contribution in [-0.4, -0.2) is 17.0 Å². The number of hydrogen-bond acceptors (Lipinski definition) is 3. The first-order valence-corrected chi connectivity index (χ1v) is 7.33. The fourth-order valence-electron chi connectivity index (χ4n) is 2.08. The molecule has 23 heavy (non-hydrogen) atoms. The van der Waals surface area contributed by atoms with Gasteiger partial charge in [-0.3, -0.25) is 4.79 Å². The van der Waals surface area contributed by atoms with E-state index in [4.69, 9.17) is 9.84 Å². The molecule has 0 atom stereocenters. The molecule has 0 unspecified atom stereocenters. The van der Waals surface area contributed by atoms with Crippen molar-refractivity contribution in [3.63, 3.8) is 0 Å². The fraction of sp³-hybridized carbons (Fsp3) is 0.158. The molecule has 2 aromatic rings. The van der Waals surface area contributed by atoms with Gasteiger partial charge >= 0.3 is 11.9 Å². The first kappa shape index (κ1) is 16.5. The lowest BCUT2D eigenvalue weighted by atomic mass is 10.1. The van der Waals surface area contributed by atoms with E-state index >= 15 is 0 Å². The molecular formula is C19H18O4. The highest BCUT2D eigenvalue weighted by atomic mass is 16.5. The van der Waals surface area contributed by atoms with Crippen molar-refractivity contribution in [1.29, 1.82) is 0 Å². The van der Waals surface area contributed by atoms with Crippen LogP contribution < -0.4 is 0 Å². The zero-order chi connectivity index (χ0) is 16.5. The standard InChI is InChI=1S/C19H18O4/c20-18(21)11-9-16-7-4-8-17(13-16)14-23-19(22)12-10-15-5-2-1-3-6-15/h1-9,11,13H,10,12,14H2,(H,20,21)/b11-9+. The number of carbonyl (C=O) groups is 2. The maximum absolute atomic E-state index is 11.8. The Morgan fingerprint density at radius 1 is 1.00 bits per heavy atom. The highest BCUT2D eigenvalue weighted by Crippen LogP contribution is 2.10. The van der Waals surface area contributed by atoms with Crippen LogP contribution in [0.5, 0.6) is 0 Å². The van der Waals surface area contributed by atoms with Gasteiger partial charge in [-0.05, 0) is 35.3 Å². The number of carboxylic acids is 1. The zero-order valence-electron chi connectivity index (χ0n) is 12.6. The lowest BCUT2D eigenvalue weighted by molar-refractivity contribution is -0.144. The van der Waals surface area contributed by atoms with Crippen LogP contribution in [0.2, 0.25) is 0 Å². The number of esters is 1. The van der Waals surface area contributed by atoms with Gasteiger partial charge in [-0.15, -0.1) is 0 Å². The third-order valence-corrected chi connectivity index (χ3v) is 3.23. The van der Waals surface area contributed by atoms with Crippen LogP contribution in [-0.2, 0) is 27.4 Å². The third-order valence-electron chi connectivity index (χ3n) is 3.23. The second kappa shape index (κ2) is 8.54. The van der Waals surface area contributed by atoms with Gasteiger partial charge in [0.15, 0.2) is 0 Å². The second-order valence-electron chi connectivity index (χ2n) is 5.06. The smallest absolute Gasteiger partial charge is 0.328 e. The summed E-state index contributed by atoms with van der Waals surface area (Å²) in [4.78, 5) is 22.3. The average Bonchev–Trinajstić information content (AvgIpc) is 2.57. The minimum absolute atomic E-state index is 0.183. The van der Waals surface area contributed by atoms with Gasteiger partial charge in [0.1, 0.15) is 6.61 Å². The molecule has 0 spiro atoms. The quantitative estimate of drug-likeness (QED) is 0.628. The normalized spacial score (nSPS) is 10.6. The van der Waals surface area contributed by atoms with Crippen molar-refractivity contribution in [3.8, 4) is 0 Å². The number of aryl methyl sites for hydroxylation is 1. The van der Waals surface area contributed by atoms with Crippen LogP contribution in [0, 0.1) is 0 Å². The molecule has 4 heteroatoms. The largest absolute Gasteiger partial charge is 0.478 e. The molecule has 0 saturated heterocycles. The minimum atomic E-state index is -0.997. The van der Waals surface area contributed by atoms with Crippen LogP contribution >= 0.6 is 0 Å². The molecule has 118 valence electrons. The fourth-order valence-corrected chi connectivity index (χ4v) is 2.08. The van der Waals surface area contributed by atoms with E-state index in [0.717, 1.165) is 22.8 Å². The van der Waals surface area contributed by atoms with E-state index in [1.807, 2.05) is 36.4 Å². The molecule has 0 amide bonds. The summed E-state index contributed by atoms with van der Waals surface area (Å²) in [6.45, 7) is 0.183. The molecule has 0 aliphatic carbocycles. The summed E-state index contributed by atoms with van der Waals surface area (Å²) < 4.78 is 5.25. The Balaban J connectivity index is 1.82. The molecule has 2 aromatic carbocycles. The van der Waals surface area contributed by atoms with Gasteiger partial charge in [0.05, 0.1) is 0 Å². The summed E-state index contributed by atoms with van der Waals surface area (Å²) in [7, 11) is 0. The van der Waals surface area contributed by atoms with E-state index in [1.165, 1.54) is 6.08 Å². The van der Waals surface area contributed by atoms with Gasteiger partial charge in [0.2, 0.25) is 0 Å². The summed E-state index contributed by atoms with van der Waals surface area (Å²) in [6, 6.07) is 17.0. The van der Waals surface area contributed by atoms with E-state index in [1.54, 1.807) is 18.2 Å². The van der Waals surface area contributed by atoms with E-state index in [0.29, 0.717) is 12.8 Å². The van der Waals surface area contributed by atoms with Crippen LogP contribution in [0.25, 0.3) is 6.08 Å². The van der Waals surface area contributed by atoms with Crippen LogP contribution in [0.3, 0.4) is 0 Å². The first-order chi connectivity index (χ1) is 11.1. The van der Waals surface area contributed by atoms with E-state index in [-0.39, 0.29) is 12.6 Å². The van der Waals surface area contributed by atoms with Crippen molar-refractivity contribution >= 4 is 18.0 Å². The Kier molecular flexibility index (Phi) is 6.12. The lowest BCUT2D eigenvalue weighted by Crippen LogP contribution is -2.06. The summed E-state index contributed by atoms with van der Waals surface area (Å²) >= 11 is 0. The summed E-state index contributed by atoms with van der Waals surface area (Å²) in [5, 5.41) is 8.62. The Bertz CT molecular complexity index is 690. The van der Waals surface area contributed by atoms with Gasteiger partial charge in [-0.2, -0.15) is 0 Å². The van der Waals surface area contributed by atoms with E-state index in [2.05, 4.69) is 0 Å². The summed E-state index contributed by atoms with van der Waals surface area (Å²) in [5.41, 5.74) is 2.68. The molecule has 0 aliphatic heterocycles. The number of benzene rings is 2. The maximum atomic E-state index is 11.8. The molecule has 1 N–H and O–H groups in total. The highest BCUT2D eigenvalue weighted by molar-refractivity contribution is 5.85. The molecule has 0 heterocycles. The minimum Gasteiger partial charge on any atom is -0.478 e. The number of rotatable bonds is 7. The molecule has 0 saturated carbocycles. The number of carboxylic acid groups (broad SMARTS) is 1. The Labute approximate surface area is 135 Å². The van der Waals surface area contributed by atoms with E-state index < -0.39 is 5.97 Å². The van der Waals surface area contributed by atoms with Gasteiger partial charge in [0, 0.05) is 12.5 Å². The number of hydrogen-bond donors (Lipinski definition) is 1. The topological polar surface area (TPSA) is 63.6 Å². The lowest BCUT2D eigenvalue weighted by Gasteiger charge is -2.06. The van der Waals surface area contributed by atoms with Gasteiger partial charge in [-0.25, -0.2) is 4.79 Å². The van der Waals surface area contributed by atoms with Crippen molar-refractivity contribution in [2.45, 2.75) is 19.4 Å². The molecule has 0 radical (unpaired) electrons. The number of aliphatic carboxylic acids is 1. The van der Waals surface area contributed by atoms with Crippen molar-refractivity contribution in [2.75, 3.05) is 0 Å². The summed E-state index contributed by atoms with van der Waals surface area (Å²) in [5.74, 6) is -1.25. The van der Waals surface area contributed by atoms with Gasteiger partial charge in [-0.1, -0.05) is 48.5 Å². The van der Waals surface area contributed by atoms with Crippen molar-refractivity contribution in [1.82, 2.24) is 0 Å². The Morgan fingerprint density at radius 2 is 1.74 bits per heavy atom. The predicted octanol–water partition coefficient (Wildman–Crippen LogP) is 3.46. The van der Waals surface area contributed by atoms with E-state index in [9.17, 15) is 9.59 Å². The molecule has 4 nitrogen and oxygen atoms in total. The van der Waals surface area contributed by atoms with Crippen molar-refractivity contribution in [3.05, 3.63) is 77.4 Å². The number of carbonyl (C=O) groups excluding carboxylic acids is 1. The first-order valence-electron chi connectivity index (χ1n) is 7.33. The molecule has 0 aromatic heterocycles. The molecule has 0 bridgehead atoms. The molecule has 0 fully saturated rings. The van der Waals surface area contributed by atoms with Gasteiger partial charge in [0.25, 0.3) is 0 Å². The Morgan fingerprint density at radius 3 is 2.48 bits per heavy atom. The maximum Gasteiger partial charge on any atom is 0.328 e. The Hall–Kier alpha value is -2.88. The highest BCUT2D eigenvalue weighted by Gasteiger charge is 2.04. The zero-order valence-corrected chi connectivity index (χ0v) is 12.6. The third kappa shape index (κ3) is 6.18. The average molecular weight is 310 g/mol. The monoisotopic (exact) mass is 310 g/mol. The molecular weight excluding hydrogens is 292 g/mol. The summed E-state index contributed by atoms with van der Waals surface area (Å²) in [6.07, 6.45) is 3.57. The van der Waals surface area contributed by atoms with Crippen LogP contribution in [0.1, 0.15) is 23.1 Å². The predicted molar refractivity (Wildman–Crippen MR) is 87.7 cm³/mol. The molecule has 0 aliphatic rings. The second-order valence-corrected chi connectivity index (χ2v) is 5.06. The van der Waals surface area contributed by atoms with Crippen LogP contribution in [0.15, 0.2) is 60.7 Å². The van der Waals surface area contributed by atoms with Crippen LogP contribution in [0.4, 0.5) is 0 Å². The van der Waals surface area contributed by atoms with Gasteiger partial charge < -0.3 is 9.84 Å². The van der Waals surface area contributed by atoms with Crippen molar-refractivity contribution in [2.24, 2.45) is 0 Å². The van der Waals surface area contributed by atoms with Crippen molar-refractivity contribution < 1.29 is 19.4 Å². The number of ether oxygens (including phenoxy) is 1. The molecule has 2 rings (SSSR count).